The van der Waals surface area contributed by atoms with Crippen LogP contribution in [-0.2, 0) is 0 Å². The van der Waals surface area contributed by atoms with Crippen molar-refractivity contribution in [3.8, 4) is 0 Å². The quantitative estimate of drug-likeness (QED) is 0.525. The van der Waals surface area contributed by atoms with Gasteiger partial charge in [0.15, 0.2) is 0 Å². The fourth-order valence-electron chi connectivity index (χ4n) is 3.01. The molecule has 0 aromatic heterocycles. The van der Waals surface area contributed by atoms with Gasteiger partial charge in [-0.15, -0.1) is 0 Å². The van der Waals surface area contributed by atoms with E-state index in [0.717, 1.165) is 5.92 Å². The zero-order valence-corrected chi connectivity index (χ0v) is 9.10. The van der Waals surface area contributed by atoms with Crippen molar-refractivity contribution in [1.29, 1.82) is 0 Å². The highest BCUT2D eigenvalue weighted by molar-refractivity contribution is 5.15. The normalized spacial score (nSPS) is 28.9. The van der Waals surface area contributed by atoms with Crippen molar-refractivity contribution in [2.75, 3.05) is 0 Å². The maximum Gasteiger partial charge on any atom is -0.0172 e. The van der Waals surface area contributed by atoms with Gasteiger partial charge in [-0.3, -0.25) is 0 Å². The van der Waals surface area contributed by atoms with Gasteiger partial charge in [-0.2, -0.15) is 0 Å². The fraction of sp³-hybridized carbons (Fsp3) is 0.846. The fourth-order valence-corrected chi connectivity index (χ4v) is 3.01. The highest BCUT2D eigenvalue weighted by Crippen LogP contribution is 2.40. The van der Waals surface area contributed by atoms with Gasteiger partial charge in [-0.05, 0) is 43.4 Å². The van der Waals surface area contributed by atoms with Crippen molar-refractivity contribution < 1.29 is 0 Å². The molecule has 0 saturated heterocycles. The average molecular weight is 178 g/mol. The van der Waals surface area contributed by atoms with E-state index < -0.39 is 0 Å². The number of hydrogen-bond acceptors (Lipinski definition) is 0. The summed E-state index contributed by atoms with van der Waals surface area (Å²) >= 11 is 0. The van der Waals surface area contributed by atoms with Crippen LogP contribution < -0.4 is 0 Å². The molecule has 2 rings (SSSR count). The third-order valence-electron chi connectivity index (χ3n) is 3.74. The minimum absolute atomic E-state index is 0.496. The molecule has 0 amide bonds. The van der Waals surface area contributed by atoms with Crippen LogP contribution in [-0.4, -0.2) is 0 Å². The van der Waals surface area contributed by atoms with Crippen molar-refractivity contribution in [1.82, 2.24) is 0 Å². The van der Waals surface area contributed by atoms with Gasteiger partial charge in [0.2, 0.25) is 0 Å². The molecule has 0 radical (unpaired) electrons. The summed E-state index contributed by atoms with van der Waals surface area (Å²) in [7, 11) is 0. The summed E-state index contributed by atoms with van der Waals surface area (Å²) in [5.41, 5.74) is 2.30. The van der Waals surface area contributed by atoms with Gasteiger partial charge < -0.3 is 0 Å². The smallest absolute Gasteiger partial charge is 0.0172 e. The molecule has 0 spiro atoms. The second-order valence-corrected chi connectivity index (χ2v) is 5.54. The van der Waals surface area contributed by atoms with Crippen LogP contribution >= 0.6 is 0 Å². The Kier molecular flexibility index (Phi) is 2.49. The summed E-state index contributed by atoms with van der Waals surface area (Å²) in [6.45, 7) is 4.78. The van der Waals surface area contributed by atoms with Gasteiger partial charge in [-0.25, -0.2) is 0 Å². The third-order valence-corrected chi connectivity index (χ3v) is 3.74. The molecule has 0 aromatic carbocycles. The van der Waals surface area contributed by atoms with E-state index in [2.05, 4.69) is 19.9 Å². The van der Waals surface area contributed by atoms with Gasteiger partial charge in [0.25, 0.3) is 0 Å². The summed E-state index contributed by atoms with van der Waals surface area (Å²) < 4.78 is 0. The Hall–Kier alpha value is -0.260. The molecule has 0 atom stereocenters. The van der Waals surface area contributed by atoms with Crippen molar-refractivity contribution in [2.24, 2.45) is 11.3 Å². The van der Waals surface area contributed by atoms with E-state index in [1.165, 1.54) is 44.9 Å². The molecule has 0 heteroatoms. The highest BCUT2D eigenvalue weighted by atomic mass is 14.3. The molecular formula is C13H22. The van der Waals surface area contributed by atoms with Crippen LogP contribution in [0.15, 0.2) is 11.6 Å². The maximum atomic E-state index is 2.59. The van der Waals surface area contributed by atoms with Gasteiger partial charge in [0, 0.05) is 0 Å². The minimum atomic E-state index is 0.496. The van der Waals surface area contributed by atoms with E-state index in [1.807, 2.05) is 0 Å². The molecule has 0 unspecified atom stereocenters. The molecule has 0 heterocycles. The molecule has 0 aromatic rings. The minimum Gasteiger partial charge on any atom is -0.0794 e. The zero-order chi connectivity index (χ0) is 9.31. The summed E-state index contributed by atoms with van der Waals surface area (Å²) in [6.07, 6.45) is 12.7. The van der Waals surface area contributed by atoms with Crippen LogP contribution in [0, 0.1) is 11.3 Å². The largest absolute Gasteiger partial charge is 0.0794 e. The van der Waals surface area contributed by atoms with Crippen molar-refractivity contribution in [2.45, 2.75) is 58.8 Å². The molecule has 1 fully saturated rings. The Morgan fingerprint density at radius 1 is 1.15 bits per heavy atom. The zero-order valence-electron chi connectivity index (χ0n) is 9.10. The molecule has 2 aliphatic rings. The first-order valence-electron chi connectivity index (χ1n) is 5.89. The lowest BCUT2D eigenvalue weighted by Gasteiger charge is -2.30. The van der Waals surface area contributed by atoms with Crippen LogP contribution in [0.1, 0.15) is 58.8 Å². The van der Waals surface area contributed by atoms with E-state index >= 15 is 0 Å². The first kappa shape index (κ1) is 9.30. The molecule has 0 bridgehead atoms. The molecule has 74 valence electrons. The maximum absolute atomic E-state index is 2.59. The second kappa shape index (κ2) is 3.48. The van der Waals surface area contributed by atoms with Gasteiger partial charge in [0.1, 0.15) is 0 Å². The number of hydrogen-bond donors (Lipinski definition) is 0. The van der Waals surface area contributed by atoms with Crippen LogP contribution in [0.5, 0.6) is 0 Å². The lowest BCUT2D eigenvalue weighted by atomic mass is 9.76. The summed E-state index contributed by atoms with van der Waals surface area (Å²) in [5.74, 6) is 0.972. The van der Waals surface area contributed by atoms with Crippen LogP contribution in [0.25, 0.3) is 0 Å². The summed E-state index contributed by atoms with van der Waals surface area (Å²) in [4.78, 5) is 0. The first-order valence-corrected chi connectivity index (χ1v) is 5.89. The van der Waals surface area contributed by atoms with E-state index in [-0.39, 0.29) is 0 Å². The Bertz CT molecular complexity index is 204. The topological polar surface area (TPSA) is 0 Å². The van der Waals surface area contributed by atoms with E-state index in [4.69, 9.17) is 0 Å². The first-order chi connectivity index (χ1) is 6.17. The monoisotopic (exact) mass is 178 g/mol. The Labute approximate surface area is 82.4 Å². The summed E-state index contributed by atoms with van der Waals surface area (Å²) in [6, 6.07) is 0. The highest BCUT2D eigenvalue weighted by Gasteiger charge is 2.26. The molecule has 13 heavy (non-hydrogen) atoms. The SMILES string of the molecule is CC1(C)C=C(C2CCCC2)CCC1. The molecule has 0 aliphatic heterocycles. The molecule has 0 nitrogen and oxygen atoms in total. The number of rotatable bonds is 1. The molecule has 0 N–H and O–H groups in total. The molecule has 1 saturated carbocycles. The average Bonchev–Trinajstić information content (AvgIpc) is 2.53. The standard InChI is InChI=1S/C13H22/c1-13(2)9-5-8-12(10-13)11-6-3-4-7-11/h10-11H,3-9H2,1-2H3. The van der Waals surface area contributed by atoms with Crippen LogP contribution in [0.2, 0.25) is 0 Å². The lowest BCUT2D eigenvalue weighted by Crippen LogP contribution is -2.16. The van der Waals surface area contributed by atoms with Crippen LogP contribution in [0.3, 0.4) is 0 Å². The Morgan fingerprint density at radius 2 is 1.85 bits per heavy atom. The van der Waals surface area contributed by atoms with E-state index in [1.54, 1.807) is 5.57 Å². The van der Waals surface area contributed by atoms with Gasteiger partial charge in [-0.1, -0.05) is 38.3 Å². The predicted molar refractivity (Wildman–Crippen MR) is 57.7 cm³/mol. The third kappa shape index (κ3) is 2.15. The van der Waals surface area contributed by atoms with Crippen molar-refractivity contribution in [3.63, 3.8) is 0 Å². The van der Waals surface area contributed by atoms with E-state index in [9.17, 15) is 0 Å². The van der Waals surface area contributed by atoms with Gasteiger partial charge >= 0.3 is 0 Å². The summed E-state index contributed by atoms with van der Waals surface area (Å²) in [5, 5.41) is 0. The number of allylic oxidation sites excluding steroid dienone is 2. The molecular weight excluding hydrogens is 156 g/mol. The Morgan fingerprint density at radius 3 is 2.46 bits per heavy atom. The van der Waals surface area contributed by atoms with Gasteiger partial charge in [0.05, 0.1) is 0 Å². The van der Waals surface area contributed by atoms with Crippen LogP contribution in [0.4, 0.5) is 0 Å². The van der Waals surface area contributed by atoms with E-state index in [0.29, 0.717) is 5.41 Å². The molecule has 2 aliphatic carbocycles. The Balaban J connectivity index is 2.08. The lowest BCUT2D eigenvalue weighted by molar-refractivity contribution is 0.380. The van der Waals surface area contributed by atoms with Crippen molar-refractivity contribution >= 4 is 0 Å². The predicted octanol–water partition coefficient (Wildman–Crippen LogP) is 4.31. The second-order valence-electron chi connectivity index (χ2n) is 5.54. The van der Waals surface area contributed by atoms with Crippen molar-refractivity contribution in [3.05, 3.63) is 11.6 Å².